The first kappa shape index (κ1) is 16.9. The van der Waals surface area contributed by atoms with Crippen LogP contribution < -0.4 is 10.7 Å². The van der Waals surface area contributed by atoms with E-state index in [-0.39, 0.29) is 5.41 Å². The molecule has 1 aromatic heterocycles. The number of amides is 2. The SMILES string of the molecule is CC(C)(C)c1ccc(NC(=O)C(=O)N/N=C\c2cccs2)cc1. The van der Waals surface area contributed by atoms with Crippen molar-refractivity contribution in [2.75, 3.05) is 5.32 Å². The number of carbonyl (C=O) groups is 2. The van der Waals surface area contributed by atoms with Gasteiger partial charge < -0.3 is 5.32 Å². The summed E-state index contributed by atoms with van der Waals surface area (Å²) in [5.74, 6) is -1.56. The highest BCUT2D eigenvalue weighted by Gasteiger charge is 2.15. The quantitative estimate of drug-likeness (QED) is 0.516. The number of anilines is 1. The molecule has 6 heteroatoms. The van der Waals surface area contributed by atoms with E-state index in [9.17, 15) is 9.59 Å². The first-order chi connectivity index (χ1) is 10.9. The Kier molecular flexibility index (Phi) is 5.28. The fourth-order valence-corrected chi connectivity index (χ4v) is 2.40. The molecule has 0 aliphatic heterocycles. The fraction of sp³-hybridized carbons (Fsp3) is 0.235. The zero-order valence-corrected chi connectivity index (χ0v) is 14.1. The number of thiophene rings is 1. The van der Waals surface area contributed by atoms with Crippen molar-refractivity contribution in [2.45, 2.75) is 26.2 Å². The minimum Gasteiger partial charge on any atom is -0.318 e. The van der Waals surface area contributed by atoms with Crippen LogP contribution in [0.4, 0.5) is 5.69 Å². The predicted octanol–water partition coefficient (Wildman–Crippen LogP) is 3.13. The van der Waals surface area contributed by atoms with Crippen LogP contribution in [0.3, 0.4) is 0 Å². The maximum Gasteiger partial charge on any atom is 0.329 e. The molecule has 0 aliphatic rings. The maximum atomic E-state index is 11.8. The molecule has 2 amide bonds. The van der Waals surface area contributed by atoms with Crippen molar-refractivity contribution in [3.63, 3.8) is 0 Å². The molecule has 0 fully saturated rings. The van der Waals surface area contributed by atoms with Gasteiger partial charge in [-0.15, -0.1) is 11.3 Å². The third-order valence-corrected chi connectivity index (χ3v) is 3.92. The van der Waals surface area contributed by atoms with Crippen molar-refractivity contribution in [1.82, 2.24) is 5.43 Å². The van der Waals surface area contributed by atoms with Gasteiger partial charge >= 0.3 is 11.8 Å². The van der Waals surface area contributed by atoms with Crippen LogP contribution >= 0.6 is 11.3 Å². The van der Waals surface area contributed by atoms with Crippen LogP contribution in [0.2, 0.25) is 0 Å². The molecule has 1 heterocycles. The molecule has 0 spiro atoms. The monoisotopic (exact) mass is 329 g/mol. The van der Waals surface area contributed by atoms with Crippen molar-refractivity contribution >= 4 is 35.1 Å². The van der Waals surface area contributed by atoms with Gasteiger partial charge in [-0.1, -0.05) is 39.0 Å². The second-order valence-electron chi connectivity index (χ2n) is 6.00. The summed E-state index contributed by atoms with van der Waals surface area (Å²) >= 11 is 1.49. The highest BCUT2D eigenvalue weighted by molar-refractivity contribution is 7.11. The molecule has 5 nitrogen and oxygen atoms in total. The van der Waals surface area contributed by atoms with E-state index in [1.54, 1.807) is 12.1 Å². The van der Waals surface area contributed by atoms with E-state index in [0.717, 1.165) is 10.4 Å². The van der Waals surface area contributed by atoms with E-state index < -0.39 is 11.8 Å². The smallest absolute Gasteiger partial charge is 0.318 e. The minimum absolute atomic E-state index is 0.0381. The Balaban J connectivity index is 1.89. The van der Waals surface area contributed by atoms with Crippen molar-refractivity contribution in [3.8, 4) is 0 Å². The number of carbonyl (C=O) groups excluding carboxylic acids is 2. The number of benzene rings is 1. The molecule has 1 aromatic carbocycles. The first-order valence-electron chi connectivity index (χ1n) is 7.15. The molecule has 0 atom stereocenters. The summed E-state index contributed by atoms with van der Waals surface area (Å²) in [6.07, 6.45) is 1.49. The highest BCUT2D eigenvalue weighted by Crippen LogP contribution is 2.23. The van der Waals surface area contributed by atoms with Gasteiger partial charge in [0.2, 0.25) is 0 Å². The van der Waals surface area contributed by atoms with E-state index >= 15 is 0 Å². The minimum atomic E-state index is -0.808. The topological polar surface area (TPSA) is 70.6 Å². The second-order valence-corrected chi connectivity index (χ2v) is 6.98. The second kappa shape index (κ2) is 7.19. The number of rotatable bonds is 3. The Morgan fingerprint density at radius 1 is 1.09 bits per heavy atom. The molecule has 2 rings (SSSR count). The number of hydrogen-bond acceptors (Lipinski definition) is 4. The van der Waals surface area contributed by atoms with Gasteiger partial charge in [-0.05, 0) is 34.6 Å². The first-order valence-corrected chi connectivity index (χ1v) is 8.02. The lowest BCUT2D eigenvalue weighted by Gasteiger charge is -2.19. The predicted molar refractivity (Wildman–Crippen MR) is 93.8 cm³/mol. The van der Waals surface area contributed by atoms with Gasteiger partial charge in [0, 0.05) is 10.6 Å². The van der Waals surface area contributed by atoms with Gasteiger partial charge in [0.15, 0.2) is 0 Å². The van der Waals surface area contributed by atoms with Gasteiger partial charge in [0.25, 0.3) is 0 Å². The Morgan fingerprint density at radius 3 is 2.35 bits per heavy atom. The Hall–Kier alpha value is -2.47. The Labute approximate surface area is 139 Å². The average molecular weight is 329 g/mol. The number of nitrogens with zero attached hydrogens (tertiary/aromatic N) is 1. The van der Waals surface area contributed by atoms with Crippen LogP contribution in [-0.4, -0.2) is 18.0 Å². The molecule has 2 N–H and O–H groups in total. The summed E-state index contributed by atoms with van der Waals surface area (Å²) in [5.41, 5.74) is 3.96. The lowest BCUT2D eigenvalue weighted by Crippen LogP contribution is -2.32. The van der Waals surface area contributed by atoms with Crippen LogP contribution in [0.5, 0.6) is 0 Å². The van der Waals surface area contributed by atoms with Crippen molar-refractivity contribution in [1.29, 1.82) is 0 Å². The summed E-state index contributed by atoms with van der Waals surface area (Å²) in [4.78, 5) is 24.4. The van der Waals surface area contributed by atoms with Crippen LogP contribution in [0, 0.1) is 0 Å². The largest absolute Gasteiger partial charge is 0.329 e. The van der Waals surface area contributed by atoms with E-state index in [4.69, 9.17) is 0 Å². The van der Waals surface area contributed by atoms with Crippen molar-refractivity contribution in [3.05, 3.63) is 52.2 Å². The summed E-state index contributed by atoms with van der Waals surface area (Å²) in [7, 11) is 0. The van der Waals surface area contributed by atoms with Gasteiger partial charge in [-0.25, -0.2) is 5.43 Å². The maximum absolute atomic E-state index is 11.8. The molecule has 0 radical (unpaired) electrons. The lowest BCUT2D eigenvalue weighted by atomic mass is 9.87. The van der Waals surface area contributed by atoms with Gasteiger partial charge in [0.1, 0.15) is 0 Å². The van der Waals surface area contributed by atoms with Gasteiger partial charge in [-0.3, -0.25) is 9.59 Å². The summed E-state index contributed by atoms with van der Waals surface area (Å²) in [6, 6.07) is 11.2. The number of hydrogen-bond donors (Lipinski definition) is 2. The Bertz CT molecular complexity index is 698. The Morgan fingerprint density at radius 2 is 1.78 bits per heavy atom. The molecule has 120 valence electrons. The fourth-order valence-electron chi connectivity index (χ4n) is 1.81. The van der Waals surface area contributed by atoms with E-state index in [1.807, 2.05) is 29.6 Å². The molecule has 2 aromatic rings. The van der Waals surface area contributed by atoms with Crippen molar-refractivity contribution < 1.29 is 9.59 Å². The zero-order valence-electron chi connectivity index (χ0n) is 13.3. The van der Waals surface area contributed by atoms with Gasteiger partial charge in [-0.2, -0.15) is 5.10 Å². The normalized spacial score (nSPS) is 11.4. The lowest BCUT2D eigenvalue weighted by molar-refractivity contribution is -0.136. The molecule has 0 unspecified atom stereocenters. The molecule has 0 bridgehead atoms. The summed E-state index contributed by atoms with van der Waals surface area (Å²) < 4.78 is 0. The molecule has 0 aliphatic carbocycles. The third kappa shape index (κ3) is 5.03. The van der Waals surface area contributed by atoms with E-state index in [1.165, 1.54) is 17.6 Å². The summed E-state index contributed by atoms with van der Waals surface area (Å²) in [5, 5.41) is 8.19. The molecular weight excluding hydrogens is 310 g/mol. The van der Waals surface area contributed by atoms with Crippen LogP contribution in [0.25, 0.3) is 0 Å². The number of hydrazone groups is 1. The standard InChI is InChI=1S/C17H19N3O2S/c1-17(2,3)12-6-8-13(9-7-12)19-15(21)16(22)20-18-11-14-5-4-10-23-14/h4-11H,1-3H3,(H,19,21)(H,20,22)/b18-11-. The third-order valence-electron chi connectivity index (χ3n) is 3.12. The van der Waals surface area contributed by atoms with Gasteiger partial charge in [0.05, 0.1) is 6.21 Å². The average Bonchev–Trinajstić information content (AvgIpc) is 3.00. The molecule has 23 heavy (non-hydrogen) atoms. The van der Waals surface area contributed by atoms with Crippen LogP contribution in [0.1, 0.15) is 31.2 Å². The van der Waals surface area contributed by atoms with Crippen molar-refractivity contribution in [2.24, 2.45) is 5.10 Å². The van der Waals surface area contributed by atoms with E-state index in [2.05, 4.69) is 36.6 Å². The van der Waals surface area contributed by atoms with E-state index in [0.29, 0.717) is 5.69 Å². The zero-order chi connectivity index (χ0) is 16.9. The molecule has 0 saturated carbocycles. The van der Waals surface area contributed by atoms with Crippen LogP contribution in [-0.2, 0) is 15.0 Å². The van der Waals surface area contributed by atoms with Crippen LogP contribution in [0.15, 0.2) is 46.9 Å². The molecule has 0 saturated heterocycles. The number of nitrogens with one attached hydrogen (secondary N) is 2. The highest BCUT2D eigenvalue weighted by atomic mass is 32.1. The summed E-state index contributed by atoms with van der Waals surface area (Å²) in [6.45, 7) is 6.33. The molecular formula is C17H19N3O2S.